The van der Waals surface area contributed by atoms with Crippen molar-refractivity contribution < 1.29 is 9.90 Å². The van der Waals surface area contributed by atoms with Gasteiger partial charge in [0.1, 0.15) is 0 Å². The summed E-state index contributed by atoms with van der Waals surface area (Å²) in [6.45, 7) is 0. The van der Waals surface area contributed by atoms with Gasteiger partial charge in [0, 0.05) is 5.75 Å². The van der Waals surface area contributed by atoms with Gasteiger partial charge in [-0.05, 0) is 11.6 Å². The van der Waals surface area contributed by atoms with Crippen LogP contribution in [-0.4, -0.2) is 16.8 Å². The molecular formula is C9H8Cl2O2S. The van der Waals surface area contributed by atoms with E-state index in [1.54, 1.807) is 12.1 Å². The minimum absolute atomic E-state index is 0.0723. The molecule has 0 aliphatic carbocycles. The lowest BCUT2D eigenvalue weighted by Gasteiger charge is -2.03. The molecule has 1 aromatic rings. The van der Waals surface area contributed by atoms with E-state index in [9.17, 15) is 4.79 Å². The van der Waals surface area contributed by atoms with Crippen LogP contribution in [0.1, 0.15) is 5.56 Å². The lowest BCUT2D eigenvalue weighted by molar-refractivity contribution is -0.133. The Bertz CT molecular complexity index is 342. The van der Waals surface area contributed by atoms with Crippen LogP contribution in [0.15, 0.2) is 18.2 Å². The number of aliphatic carboxylic acids is 1. The van der Waals surface area contributed by atoms with Crippen molar-refractivity contribution in [1.29, 1.82) is 0 Å². The third-order valence-electron chi connectivity index (χ3n) is 1.51. The lowest BCUT2D eigenvalue weighted by Crippen LogP contribution is -1.98. The molecule has 0 fully saturated rings. The van der Waals surface area contributed by atoms with Crippen LogP contribution in [0.4, 0.5) is 0 Å². The molecule has 0 aliphatic rings. The first-order valence-corrected chi connectivity index (χ1v) is 5.74. The van der Waals surface area contributed by atoms with Gasteiger partial charge < -0.3 is 5.11 Å². The van der Waals surface area contributed by atoms with E-state index >= 15 is 0 Å². The van der Waals surface area contributed by atoms with E-state index in [0.29, 0.717) is 15.8 Å². The highest BCUT2D eigenvalue weighted by Gasteiger charge is 2.05. The van der Waals surface area contributed by atoms with Crippen LogP contribution >= 0.6 is 35.0 Å². The Hall–Kier alpha value is -0.380. The first-order valence-electron chi connectivity index (χ1n) is 3.83. The molecule has 0 radical (unpaired) electrons. The Morgan fingerprint density at radius 1 is 1.43 bits per heavy atom. The standard InChI is InChI=1S/C9H8Cl2O2S/c10-7-3-1-2-6(9(7)11)4-14-5-8(12)13/h1-3H,4-5H2,(H,12,13). The van der Waals surface area contributed by atoms with Gasteiger partial charge in [-0.2, -0.15) is 0 Å². The van der Waals surface area contributed by atoms with Crippen LogP contribution in [0.2, 0.25) is 10.0 Å². The summed E-state index contributed by atoms with van der Waals surface area (Å²) in [7, 11) is 0. The fourth-order valence-corrected chi connectivity index (χ4v) is 2.11. The summed E-state index contributed by atoms with van der Waals surface area (Å²) < 4.78 is 0. The Balaban J connectivity index is 2.59. The second-order valence-electron chi connectivity index (χ2n) is 2.60. The number of rotatable bonds is 4. The average Bonchev–Trinajstić information content (AvgIpc) is 2.12. The van der Waals surface area contributed by atoms with Crippen LogP contribution in [0, 0.1) is 0 Å². The molecule has 5 heteroatoms. The molecule has 0 saturated heterocycles. The zero-order valence-corrected chi connectivity index (χ0v) is 9.49. The predicted octanol–water partition coefficient (Wildman–Crippen LogP) is 3.31. The van der Waals surface area contributed by atoms with E-state index in [4.69, 9.17) is 28.3 Å². The van der Waals surface area contributed by atoms with Gasteiger partial charge in [-0.15, -0.1) is 11.8 Å². The summed E-state index contributed by atoms with van der Waals surface area (Å²) in [5, 5.41) is 9.44. The van der Waals surface area contributed by atoms with Gasteiger partial charge in [0.25, 0.3) is 0 Å². The van der Waals surface area contributed by atoms with E-state index < -0.39 is 5.97 Å². The Kier molecular flexibility index (Phi) is 4.58. The van der Waals surface area contributed by atoms with Crippen molar-refractivity contribution in [2.45, 2.75) is 5.75 Å². The summed E-state index contributed by atoms with van der Waals surface area (Å²) in [6.07, 6.45) is 0. The van der Waals surface area contributed by atoms with Gasteiger partial charge in [0.15, 0.2) is 0 Å². The van der Waals surface area contributed by atoms with Gasteiger partial charge in [-0.3, -0.25) is 4.79 Å². The van der Waals surface area contributed by atoms with Crippen LogP contribution in [0.25, 0.3) is 0 Å². The molecule has 0 atom stereocenters. The number of halogens is 2. The highest BCUT2D eigenvalue weighted by molar-refractivity contribution is 7.99. The van der Waals surface area contributed by atoms with Crippen molar-refractivity contribution in [3.63, 3.8) is 0 Å². The first kappa shape index (κ1) is 11.7. The molecule has 0 aromatic heterocycles. The zero-order chi connectivity index (χ0) is 10.6. The molecule has 1 aromatic carbocycles. The molecule has 1 N–H and O–H groups in total. The van der Waals surface area contributed by atoms with Gasteiger partial charge in [-0.1, -0.05) is 35.3 Å². The second-order valence-corrected chi connectivity index (χ2v) is 4.37. The molecule has 0 heterocycles. The summed E-state index contributed by atoms with van der Waals surface area (Å²) in [6, 6.07) is 5.34. The topological polar surface area (TPSA) is 37.3 Å². The van der Waals surface area contributed by atoms with Crippen molar-refractivity contribution >= 4 is 40.9 Å². The van der Waals surface area contributed by atoms with Crippen LogP contribution in [-0.2, 0) is 10.5 Å². The van der Waals surface area contributed by atoms with Crippen molar-refractivity contribution in [3.8, 4) is 0 Å². The molecule has 0 spiro atoms. The van der Waals surface area contributed by atoms with Gasteiger partial charge >= 0.3 is 5.97 Å². The largest absolute Gasteiger partial charge is 0.481 e. The predicted molar refractivity (Wildman–Crippen MR) is 60.3 cm³/mol. The number of thioether (sulfide) groups is 1. The molecule has 0 unspecified atom stereocenters. The van der Waals surface area contributed by atoms with E-state index in [-0.39, 0.29) is 5.75 Å². The Morgan fingerprint density at radius 2 is 2.14 bits per heavy atom. The molecule has 76 valence electrons. The monoisotopic (exact) mass is 250 g/mol. The van der Waals surface area contributed by atoms with E-state index in [1.165, 1.54) is 11.8 Å². The maximum Gasteiger partial charge on any atom is 0.313 e. The molecule has 0 bridgehead atoms. The SMILES string of the molecule is O=C(O)CSCc1cccc(Cl)c1Cl. The second kappa shape index (κ2) is 5.49. The third-order valence-corrected chi connectivity index (χ3v) is 3.34. The minimum atomic E-state index is -0.826. The van der Waals surface area contributed by atoms with Crippen molar-refractivity contribution in [2.24, 2.45) is 0 Å². The molecule has 1 rings (SSSR count). The van der Waals surface area contributed by atoms with Crippen LogP contribution in [0.5, 0.6) is 0 Å². The quantitative estimate of drug-likeness (QED) is 0.891. The summed E-state index contributed by atoms with van der Waals surface area (Å²) >= 11 is 13.0. The molecule has 0 aliphatic heterocycles. The Morgan fingerprint density at radius 3 is 2.79 bits per heavy atom. The van der Waals surface area contributed by atoms with E-state index in [0.717, 1.165) is 5.56 Å². The van der Waals surface area contributed by atoms with Crippen molar-refractivity contribution in [1.82, 2.24) is 0 Å². The normalized spacial score (nSPS) is 10.1. The number of hydrogen-bond donors (Lipinski definition) is 1. The molecular weight excluding hydrogens is 243 g/mol. The molecule has 14 heavy (non-hydrogen) atoms. The number of carboxylic acids is 1. The minimum Gasteiger partial charge on any atom is -0.481 e. The molecule has 0 amide bonds. The number of carbonyl (C=O) groups is 1. The van der Waals surface area contributed by atoms with Crippen LogP contribution < -0.4 is 0 Å². The highest BCUT2D eigenvalue weighted by Crippen LogP contribution is 2.28. The summed E-state index contributed by atoms with van der Waals surface area (Å²) in [4.78, 5) is 10.3. The van der Waals surface area contributed by atoms with Gasteiger partial charge in [-0.25, -0.2) is 0 Å². The summed E-state index contributed by atoms with van der Waals surface area (Å²) in [5.41, 5.74) is 0.866. The van der Waals surface area contributed by atoms with Gasteiger partial charge in [0.2, 0.25) is 0 Å². The van der Waals surface area contributed by atoms with Gasteiger partial charge in [0.05, 0.1) is 15.8 Å². The first-order chi connectivity index (χ1) is 6.61. The number of benzene rings is 1. The number of hydrogen-bond acceptors (Lipinski definition) is 2. The van der Waals surface area contributed by atoms with Crippen molar-refractivity contribution in [2.75, 3.05) is 5.75 Å². The number of carboxylic acid groups (broad SMARTS) is 1. The highest BCUT2D eigenvalue weighted by atomic mass is 35.5. The zero-order valence-electron chi connectivity index (χ0n) is 7.17. The fraction of sp³-hybridized carbons (Fsp3) is 0.222. The maximum atomic E-state index is 10.3. The summed E-state index contributed by atoms with van der Waals surface area (Å²) in [5.74, 6) is -0.192. The average molecular weight is 251 g/mol. The molecule has 2 nitrogen and oxygen atoms in total. The third kappa shape index (κ3) is 3.40. The Labute approximate surface area is 96.2 Å². The van der Waals surface area contributed by atoms with Crippen molar-refractivity contribution in [3.05, 3.63) is 33.8 Å². The van der Waals surface area contributed by atoms with E-state index in [1.807, 2.05) is 6.07 Å². The maximum absolute atomic E-state index is 10.3. The van der Waals surface area contributed by atoms with Crippen LogP contribution in [0.3, 0.4) is 0 Å². The lowest BCUT2D eigenvalue weighted by atomic mass is 10.2. The molecule has 0 saturated carbocycles. The van der Waals surface area contributed by atoms with E-state index in [2.05, 4.69) is 0 Å². The smallest absolute Gasteiger partial charge is 0.313 e. The fourth-order valence-electron chi connectivity index (χ4n) is 0.908.